The molecule has 0 radical (unpaired) electrons. The van der Waals surface area contributed by atoms with E-state index in [0.29, 0.717) is 54.7 Å². The van der Waals surface area contributed by atoms with Crippen LogP contribution in [0.2, 0.25) is 0 Å². The number of aliphatic carboxylic acids is 1. The predicted molar refractivity (Wildman–Crippen MR) is 320 cm³/mol. The number of ether oxygens (including phenoxy) is 2. The van der Waals surface area contributed by atoms with Crippen LogP contribution in [0.3, 0.4) is 0 Å². The Labute approximate surface area is 495 Å². The smallest absolute Gasteiger partial charge is 0.413 e. The molecule has 2 saturated heterocycles. The molecule has 7 amide bonds. The number of piperidine rings is 2. The van der Waals surface area contributed by atoms with Crippen molar-refractivity contribution < 1.29 is 62.5 Å². The Morgan fingerprint density at radius 2 is 1.07 bits per heavy atom. The maximum absolute atomic E-state index is 13.5. The summed E-state index contributed by atoms with van der Waals surface area (Å²) in [6.07, 6.45) is 6.30. The van der Waals surface area contributed by atoms with Crippen LogP contribution in [0.25, 0.3) is 0 Å². The number of Topliss-reactive ketones (excluding diaryl/α,β-unsaturated/α-hetero) is 2. The number of carbonyl (C=O) groups is 10. The van der Waals surface area contributed by atoms with Gasteiger partial charge in [-0.15, -0.1) is 0 Å². The quantitative estimate of drug-likeness (QED) is 0.0685. The van der Waals surface area contributed by atoms with Crippen LogP contribution in [0.15, 0.2) is 60.9 Å². The van der Waals surface area contributed by atoms with Crippen LogP contribution in [-0.4, -0.2) is 104 Å². The molecule has 23 heteroatoms. The number of hydrogen-bond acceptors (Lipinski definition) is 15. The van der Waals surface area contributed by atoms with Crippen molar-refractivity contribution in [2.75, 3.05) is 45.0 Å². The van der Waals surface area contributed by atoms with Crippen LogP contribution in [-0.2, 0) is 60.7 Å². The number of anilines is 6. The van der Waals surface area contributed by atoms with Crippen LogP contribution in [0.1, 0.15) is 153 Å². The van der Waals surface area contributed by atoms with E-state index in [-0.39, 0.29) is 71.2 Å². The molecule has 4 atom stereocenters. The standard InChI is InChI=1S/C31H39N5O6.C18H24N2O2.C13H17N3O5/c1-17(2)26(38)21-11-12-36(24(15-21)20-7-9-23-19(14-20)8-10-25(37)34-23)29(40)28(39)33-22-13-18(3)27(32-16-22)35-30(41)42-31(4,5)6;1-11(2)18(22)14-7-8-19-16(10-14)13-3-5-15-12(9-13)4-6-17(21)20-15;1-7-5-8(15-10(17)11(18)19)6-14-9(7)16-12(20)21-13(2,3)4/h7,9,13-14,16-17,21,24H,8,10-12,15H2,1-6H3,(H,33,39)(H,34,37)(H,32,35,41);3,5,9,11,14,16,19H,4,6-8,10H2,1-2H3,(H,20,21);5-6H,1-4H3,(H,15,17)(H,18,19)(H,14,16,20). The van der Waals surface area contributed by atoms with E-state index in [1.165, 1.54) is 34.5 Å². The SMILES string of the molecule is CC(C)C(=O)C1CCNC(c2ccc3c(c2)CCC(=O)N3)C1.Cc1cc(NC(=O)C(=O)N2CCC(C(=O)C(C)C)CC2c2ccc3c(c2)CCC(=O)N3)cnc1NC(=O)OC(C)(C)C.Cc1cc(NC(=O)C(=O)O)cnc1NC(=O)OC(C)(C)C. The molecule has 2 fully saturated rings. The van der Waals surface area contributed by atoms with Crippen LogP contribution in [0, 0.1) is 37.5 Å². The minimum Gasteiger partial charge on any atom is -0.474 e. The number of hydrogen-bond donors (Lipinski definition) is 8. The van der Waals surface area contributed by atoms with E-state index in [9.17, 15) is 47.9 Å². The van der Waals surface area contributed by atoms with Crippen LogP contribution < -0.4 is 37.2 Å². The molecule has 4 aliphatic rings. The molecule has 2 aromatic heterocycles. The number of pyridine rings is 2. The Balaban J connectivity index is 0.000000226. The van der Waals surface area contributed by atoms with E-state index >= 15 is 0 Å². The first-order chi connectivity index (χ1) is 39.8. The van der Waals surface area contributed by atoms with Crippen molar-refractivity contribution >= 4 is 93.6 Å². The average Bonchev–Trinajstić information content (AvgIpc) is 2.42. The van der Waals surface area contributed by atoms with Crippen molar-refractivity contribution in [3.8, 4) is 0 Å². The molecule has 85 heavy (non-hydrogen) atoms. The lowest BCUT2D eigenvalue weighted by Gasteiger charge is -2.39. The van der Waals surface area contributed by atoms with Crippen molar-refractivity contribution in [2.24, 2.45) is 23.7 Å². The summed E-state index contributed by atoms with van der Waals surface area (Å²) < 4.78 is 10.3. The number of carbonyl (C=O) groups excluding carboxylic acids is 9. The first-order valence-corrected chi connectivity index (χ1v) is 28.6. The van der Waals surface area contributed by atoms with E-state index < -0.39 is 53.1 Å². The third-order valence-corrected chi connectivity index (χ3v) is 14.3. The number of likely N-dealkylation sites (tertiary alicyclic amines) is 1. The molecule has 0 spiro atoms. The zero-order valence-electron chi connectivity index (χ0n) is 50.5. The van der Waals surface area contributed by atoms with Gasteiger partial charge < -0.3 is 46.1 Å². The number of aromatic nitrogens is 2. The van der Waals surface area contributed by atoms with Gasteiger partial charge in [0.1, 0.15) is 34.4 Å². The number of fused-ring (bicyclic) bond motifs is 2. The number of amides is 7. The summed E-state index contributed by atoms with van der Waals surface area (Å²) >= 11 is 0. The molecule has 456 valence electrons. The van der Waals surface area contributed by atoms with Crippen LogP contribution >= 0.6 is 0 Å². The number of aryl methyl sites for hydroxylation is 4. The Hall–Kier alpha value is -8.60. The summed E-state index contributed by atoms with van der Waals surface area (Å²) in [5.74, 6) is -3.26. The largest absolute Gasteiger partial charge is 0.474 e. The maximum Gasteiger partial charge on any atom is 0.413 e. The van der Waals surface area contributed by atoms with Gasteiger partial charge in [0.25, 0.3) is 0 Å². The average molecular weight is 1170 g/mol. The van der Waals surface area contributed by atoms with Gasteiger partial charge in [0.05, 0.1) is 29.8 Å². The highest BCUT2D eigenvalue weighted by molar-refractivity contribution is 6.39. The van der Waals surface area contributed by atoms with Gasteiger partial charge in [0, 0.05) is 60.5 Å². The van der Waals surface area contributed by atoms with E-state index in [4.69, 9.17) is 14.6 Å². The molecule has 23 nitrogen and oxygen atoms in total. The van der Waals surface area contributed by atoms with Gasteiger partial charge in [-0.25, -0.2) is 24.4 Å². The molecule has 0 bridgehead atoms. The first-order valence-electron chi connectivity index (χ1n) is 28.6. The fourth-order valence-corrected chi connectivity index (χ4v) is 10.2. The summed E-state index contributed by atoms with van der Waals surface area (Å²) in [6.45, 7) is 22.7. The predicted octanol–water partition coefficient (Wildman–Crippen LogP) is 9.36. The number of nitrogens with one attached hydrogen (secondary N) is 7. The molecule has 4 unspecified atom stereocenters. The first kappa shape index (κ1) is 65.6. The maximum atomic E-state index is 13.5. The number of ketones is 2. The zero-order valence-corrected chi connectivity index (χ0v) is 50.5. The normalized spacial score (nSPS) is 18.2. The summed E-state index contributed by atoms with van der Waals surface area (Å²) in [6, 6.07) is 14.7. The third-order valence-electron chi connectivity index (χ3n) is 14.3. The molecule has 4 aromatic rings. The van der Waals surface area contributed by atoms with Gasteiger partial charge in [-0.05, 0) is 158 Å². The lowest BCUT2D eigenvalue weighted by molar-refractivity contribution is -0.147. The second kappa shape index (κ2) is 28.3. The highest BCUT2D eigenvalue weighted by Crippen LogP contribution is 2.39. The molecule has 8 N–H and O–H groups in total. The van der Waals surface area contributed by atoms with Gasteiger partial charge in [-0.2, -0.15) is 0 Å². The second-order valence-electron chi connectivity index (χ2n) is 24.3. The minimum absolute atomic E-state index is 0.0395. The van der Waals surface area contributed by atoms with Crippen molar-refractivity contribution in [1.29, 1.82) is 0 Å². The second-order valence-corrected chi connectivity index (χ2v) is 24.3. The van der Waals surface area contributed by atoms with Gasteiger partial charge in [-0.3, -0.25) is 44.2 Å². The van der Waals surface area contributed by atoms with E-state index in [1.807, 2.05) is 52.0 Å². The zero-order chi connectivity index (χ0) is 62.7. The fraction of sp³-hybridized carbons (Fsp3) is 0.484. The van der Waals surface area contributed by atoms with Crippen molar-refractivity contribution in [2.45, 2.75) is 158 Å². The molecular formula is C62H80N10O13. The summed E-state index contributed by atoms with van der Waals surface area (Å²) in [4.78, 5) is 130. The lowest BCUT2D eigenvalue weighted by Crippen LogP contribution is -2.47. The highest BCUT2D eigenvalue weighted by atomic mass is 16.6. The Morgan fingerprint density at radius 3 is 1.53 bits per heavy atom. The molecule has 6 heterocycles. The van der Waals surface area contributed by atoms with Crippen molar-refractivity contribution in [3.05, 3.63) is 94.3 Å². The number of benzene rings is 2. The van der Waals surface area contributed by atoms with Gasteiger partial charge in [-0.1, -0.05) is 52.0 Å². The number of nitrogens with zero attached hydrogens (tertiary/aromatic N) is 3. The van der Waals surface area contributed by atoms with Gasteiger partial charge in [0.15, 0.2) is 0 Å². The molecule has 4 aliphatic heterocycles. The Morgan fingerprint density at radius 1 is 0.612 bits per heavy atom. The summed E-state index contributed by atoms with van der Waals surface area (Å²) in [5, 5.41) is 27.6. The van der Waals surface area contributed by atoms with Crippen molar-refractivity contribution in [1.82, 2.24) is 20.2 Å². The number of rotatable bonds is 10. The van der Waals surface area contributed by atoms with Crippen LogP contribution in [0.4, 0.5) is 44.0 Å². The topological polar surface area (TPSA) is 323 Å². The lowest BCUT2D eigenvalue weighted by atomic mass is 9.81. The summed E-state index contributed by atoms with van der Waals surface area (Å²) in [5.41, 5.74) is 6.22. The van der Waals surface area contributed by atoms with E-state index in [2.05, 4.69) is 59.3 Å². The summed E-state index contributed by atoms with van der Waals surface area (Å²) in [7, 11) is 0. The Bertz CT molecular complexity index is 3220. The van der Waals surface area contributed by atoms with E-state index in [1.54, 1.807) is 61.5 Å². The molecule has 2 aromatic carbocycles. The minimum atomic E-state index is -1.59. The number of carboxylic acid groups (broad SMARTS) is 1. The van der Waals surface area contributed by atoms with Crippen LogP contribution in [0.5, 0.6) is 0 Å². The monoisotopic (exact) mass is 1170 g/mol. The van der Waals surface area contributed by atoms with Crippen molar-refractivity contribution in [3.63, 3.8) is 0 Å². The molecular weight excluding hydrogens is 1090 g/mol. The van der Waals surface area contributed by atoms with Gasteiger partial charge in [0.2, 0.25) is 11.8 Å². The number of carboxylic acids is 1. The molecule has 0 aliphatic carbocycles. The third kappa shape index (κ3) is 19.0. The Kier molecular flexibility index (Phi) is 21.8. The molecule has 8 rings (SSSR count). The molecule has 0 saturated carbocycles. The van der Waals surface area contributed by atoms with Gasteiger partial charge >= 0.3 is 35.9 Å². The van der Waals surface area contributed by atoms with E-state index in [0.717, 1.165) is 48.3 Å². The fourth-order valence-electron chi connectivity index (χ4n) is 10.2. The highest BCUT2D eigenvalue weighted by Gasteiger charge is 2.39.